The van der Waals surface area contributed by atoms with Gasteiger partial charge in [0.25, 0.3) is 5.91 Å². The summed E-state index contributed by atoms with van der Waals surface area (Å²) in [5.41, 5.74) is 0.194. The Labute approximate surface area is 142 Å². The topological polar surface area (TPSA) is 124 Å². The zero-order valence-electron chi connectivity index (χ0n) is 13.1. The molecule has 0 atom stereocenters. The van der Waals surface area contributed by atoms with Crippen LogP contribution in [0.3, 0.4) is 0 Å². The van der Waals surface area contributed by atoms with Gasteiger partial charge in [0.15, 0.2) is 5.69 Å². The van der Waals surface area contributed by atoms with Crippen LogP contribution in [0.5, 0.6) is 0 Å². The molecule has 128 valence electrons. The van der Waals surface area contributed by atoms with Gasteiger partial charge in [-0.25, -0.2) is 13.6 Å². The normalized spacial score (nSPS) is 11.4. The van der Waals surface area contributed by atoms with E-state index in [1.54, 1.807) is 31.3 Å². The van der Waals surface area contributed by atoms with Gasteiger partial charge in [-0.05, 0) is 36.4 Å². The van der Waals surface area contributed by atoms with Crippen LogP contribution in [0.2, 0.25) is 0 Å². The third kappa shape index (κ3) is 3.28. The van der Waals surface area contributed by atoms with Gasteiger partial charge in [-0.3, -0.25) is 14.3 Å². The molecule has 1 amide bonds. The summed E-state index contributed by atoms with van der Waals surface area (Å²) in [5, 5.41) is 12.0. The maximum atomic E-state index is 12.5. The molecule has 0 saturated heterocycles. The van der Waals surface area contributed by atoms with Gasteiger partial charge in [0.2, 0.25) is 15.5 Å². The molecule has 1 aromatic heterocycles. The Morgan fingerprint density at radius 1 is 1.12 bits per heavy atom. The number of sulfonamides is 1. The first-order valence-corrected chi connectivity index (χ1v) is 8.72. The Balaban J connectivity index is 1.95. The fourth-order valence-electron chi connectivity index (χ4n) is 2.39. The van der Waals surface area contributed by atoms with Crippen LogP contribution in [0.4, 0.5) is 5.69 Å². The predicted molar refractivity (Wildman–Crippen MR) is 92.8 cm³/mol. The zero-order chi connectivity index (χ0) is 18.2. The van der Waals surface area contributed by atoms with Crippen molar-refractivity contribution in [1.82, 2.24) is 9.78 Å². The Bertz CT molecular complexity index is 1140. The van der Waals surface area contributed by atoms with E-state index >= 15 is 0 Å². The predicted octanol–water partition coefficient (Wildman–Crippen LogP) is 0.833. The Hall–Kier alpha value is -3.04. The number of amides is 1. The van der Waals surface area contributed by atoms with E-state index in [1.807, 2.05) is 0 Å². The van der Waals surface area contributed by atoms with Crippen molar-refractivity contribution in [3.63, 3.8) is 0 Å². The SMILES string of the molecule is Cn1nc(C(=O)Nc2ccc(S(N)(=O)=O)cc2)c(=O)c2ccccc21. The first-order valence-electron chi connectivity index (χ1n) is 7.17. The average Bonchev–Trinajstić information content (AvgIpc) is 2.58. The minimum absolute atomic E-state index is 0.0785. The molecule has 3 N–H and O–H groups in total. The number of nitrogens with one attached hydrogen (secondary N) is 1. The fraction of sp³-hybridized carbons (Fsp3) is 0.0625. The number of nitrogens with two attached hydrogens (primary N) is 1. The van der Waals surface area contributed by atoms with E-state index in [-0.39, 0.29) is 10.6 Å². The molecule has 0 radical (unpaired) electrons. The number of para-hydroxylation sites is 1. The van der Waals surface area contributed by atoms with E-state index in [0.717, 1.165) is 0 Å². The highest BCUT2D eigenvalue weighted by molar-refractivity contribution is 7.89. The van der Waals surface area contributed by atoms with E-state index < -0.39 is 21.4 Å². The first kappa shape index (κ1) is 16.8. The van der Waals surface area contributed by atoms with Gasteiger partial charge >= 0.3 is 0 Å². The van der Waals surface area contributed by atoms with Crippen molar-refractivity contribution in [3.05, 3.63) is 64.4 Å². The fourth-order valence-corrected chi connectivity index (χ4v) is 2.91. The van der Waals surface area contributed by atoms with Crippen LogP contribution in [0, 0.1) is 0 Å². The van der Waals surface area contributed by atoms with Crippen molar-refractivity contribution < 1.29 is 13.2 Å². The van der Waals surface area contributed by atoms with Crippen molar-refractivity contribution in [3.8, 4) is 0 Å². The van der Waals surface area contributed by atoms with Crippen LogP contribution in [-0.2, 0) is 17.1 Å². The largest absolute Gasteiger partial charge is 0.320 e. The smallest absolute Gasteiger partial charge is 0.280 e. The van der Waals surface area contributed by atoms with Crippen LogP contribution < -0.4 is 15.9 Å². The molecule has 0 fully saturated rings. The second-order valence-corrected chi connectivity index (χ2v) is 6.90. The first-order chi connectivity index (χ1) is 11.8. The van der Waals surface area contributed by atoms with Gasteiger partial charge in [0, 0.05) is 18.1 Å². The number of hydrogen-bond acceptors (Lipinski definition) is 5. The second kappa shape index (κ2) is 6.11. The lowest BCUT2D eigenvalue weighted by Gasteiger charge is -2.08. The van der Waals surface area contributed by atoms with E-state index in [2.05, 4.69) is 10.4 Å². The van der Waals surface area contributed by atoms with Gasteiger partial charge in [-0.2, -0.15) is 5.10 Å². The lowest BCUT2D eigenvalue weighted by molar-refractivity contribution is 0.101. The van der Waals surface area contributed by atoms with Gasteiger partial charge in [0.1, 0.15) is 0 Å². The maximum Gasteiger partial charge on any atom is 0.280 e. The zero-order valence-corrected chi connectivity index (χ0v) is 13.9. The number of rotatable bonds is 3. The number of benzene rings is 2. The molecule has 0 spiro atoms. The van der Waals surface area contributed by atoms with Crippen molar-refractivity contribution in [2.24, 2.45) is 12.2 Å². The van der Waals surface area contributed by atoms with Crippen molar-refractivity contribution >= 4 is 32.5 Å². The quantitative estimate of drug-likeness (QED) is 0.718. The van der Waals surface area contributed by atoms with Crippen molar-refractivity contribution in [1.29, 1.82) is 0 Å². The number of anilines is 1. The summed E-state index contributed by atoms with van der Waals surface area (Å²) in [6, 6.07) is 12.1. The molecule has 0 aliphatic rings. The lowest BCUT2D eigenvalue weighted by atomic mass is 10.2. The Kier molecular flexibility index (Phi) is 4.11. The van der Waals surface area contributed by atoms with Gasteiger partial charge in [0.05, 0.1) is 10.4 Å². The molecule has 0 bridgehead atoms. The second-order valence-electron chi connectivity index (χ2n) is 5.34. The summed E-state index contributed by atoms with van der Waals surface area (Å²) >= 11 is 0. The van der Waals surface area contributed by atoms with Crippen molar-refractivity contribution in [2.75, 3.05) is 5.32 Å². The van der Waals surface area contributed by atoms with Crippen LogP contribution in [0.1, 0.15) is 10.5 Å². The molecule has 2 aromatic carbocycles. The third-order valence-corrected chi connectivity index (χ3v) is 4.55. The minimum atomic E-state index is -3.82. The molecule has 0 aliphatic carbocycles. The maximum absolute atomic E-state index is 12.5. The van der Waals surface area contributed by atoms with Gasteiger partial charge in [-0.15, -0.1) is 0 Å². The minimum Gasteiger partial charge on any atom is -0.320 e. The number of aromatic nitrogens is 2. The van der Waals surface area contributed by atoms with Crippen LogP contribution in [-0.4, -0.2) is 24.1 Å². The van der Waals surface area contributed by atoms with E-state index in [0.29, 0.717) is 16.6 Å². The highest BCUT2D eigenvalue weighted by Gasteiger charge is 2.17. The Morgan fingerprint density at radius 2 is 1.76 bits per heavy atom. The number of carbonyl (C=O) groups excluding carboxylic acids is 1. The summed E-state index contributed by atoms with van der Waals surface area (Å²) in [6.07, 6.45) is 0. The molecular weight excluding hydrogens is 344 g/mol. The molecule has 25 heavy (non-hydrogen) atoms. The molecule has 3 rings (SSSR count). The van der Waals surface area contributed by atoms with Gasteiger partial charge in [-0.1, -0.05) is 12.1 Å². The summed E-state index contributed by atoms with van der Waals surface area (Å²) in [6.45, 7) is 0. The highest BCUT2D eigenvalue weighted by atomic mass is 32.2. The summed E-state index contributed by atoms with van der Waals surface area (Å²) in [4.78, 5) is 24.8. The number of primary sulfonamides is 1. The molecule has 0 aliphatic heterocycles. The standard InChI is InChI=1S/C16H14N4O4S/c1-20-13-5-3-2-4-12(13)15(21)14(19-20)16(22)18-10-6-8-11(9-7-10)25(17,23)24/h2-9H,1H3,(H,18,22)(H2,17,23,24). The summed E-state index contributed by atoms with van der Waals surface area (Å²) < 4.78 is 23.9. The average molecular weight is 358 g/mol. The molecule has 8 nitrogen and oxygen atoms in total. The molecule has 0 unspecified atom stereocenters. The van der Waals surface area contributed by atoms with E-state index in [4.69, 9.17) is 5.14 Å². The van der Waals surface area contributed by atoms with E-state index in [1.165, 1.54) is 28.9 Å². The van der Waals surface area contributed by atoms with Crippen LogP contribution in [0.25, 0.3) is 10.9 Å². The van der Waals surface area contributed by atoms with Crippen molar-refractivity contribution in [2.45, 2.75) is 4.90 Å². The summed E-state index contributed by atoms with van der Waals surface area (Å²) in [5.74, 6) is -0.685. The third-order valence-electron chi connectivity index (χ3n) is 3.62. The number of carbonyl (C=O) groups is 1. The van der Waals surface area contributed by atoms with Crippen LogP contribution >= 0.6 is 0 Å². The monoisotopic (exact) mass is 358 g/mol. The summed E-state index contributed by atoms with van der Waals surface area (Å²) in [7, 11) is -2.18. The Morgan fingerprint density at radius 3 is 2.40 bits per heavy atom. The number of nitrogens with zero attached hydrogens (tertiary/aromatic N) is 2. The van der Waals surface area contributed by atoms with E-state index in [9.17, 15) is 18.0 Å². The lowest BCUT2D eigenvalue weighted by Crippen LogP contribution is -2.26. The van der Waals surface area contributed by atoms with Gasteiger partial charge < -0.3 is 5.32 Å². The molecule has 0 saturated carbocycles. The molecular formula is C16H14N4O4S. The highest BCUT2D eigenvalue weighted by Crippen LogP contribution is 2.14. The number of fused-ring (bicyclic) bond motifs is 1. The number of aryl methyl sites for hydroxylation is 1. The van der Waals surface area contributed by atoms with Crippen LogP contribution in [0.15, 0.2) is 58.2 Å². The molecule has 9 heteroatoms. The molecule has 1 heterocycles. The molecule has 3 aromatic rings. The number of hydrogen-bond donors (Lipinski definition) is 2.